The molecule has 1 aromatic heterocycles. The molecule has 0 radical (unpaired) electrons. The van der Waals surface area contributed by atoms with Gasteiger partial charge >= 0.3 is 11.9 Å². The molecule has 0 fully saturated rings. The van der Waals surface area contributed by atoms with Crippen LogP contribution >= 0.6 is 11.3 Å². The number of methoxy groups -OCH3 is 1. The lowest BCUT2D eigenvalue weighted by Gasteiger charge is -2.20. The summed E-state index contributed by atoms with van der Waals surface area (Å²) in [7, 11) is -3.00. The topological polar surface area (TPSA) is 110 Å². The maximum absolute atomic E-state index is 12.5. The zero-order valence-corrected chi connectivity index (χ0v) is 14.4. The SMILES string of the molecule is CC[C@H](C)[C@H](NS(=O)(=O)c1c(C)csc1C(=O)OC)C(=O)O. The van der Waals surface area contributed by atoms with Gasteiger partial charge in [0.05, 0.1) is 7.11 Å². The zero-order valence-electron chi connectivity index (χ0n) is 12.7. The van der Waals surface area contributed by atoms with Crippen molar-refractivity contribution in [2.75, 3.05) is 7.11 Å². The number of hydrogen-bond acceptors (Lipinski definition) is 6. The number of carbonyl (C=O) groups excluding carboxylic acids is 1. The van der Waals surface area contributed by atoms with E-state index in [2.05, 4.69) is 9.46 Å². The zero-order chi connectivity index (χ0) is 17.1. The van der Waals surface area contributed by atoms with Crippen molar-refractivity contribution in [3.63, 3.8) is 0 Å². The Hall–Kier alpha value is -1.45. The van der Waals surface area contributed by atoms with Gasteiger partial charge in [-0.3, -0.25) is 4.79 Å². The van der Waals surface area contributed by atoms with Gasteiger partial charge in [0, 0.05) is 0 Å². The molecule has 0 bridgehead atoms. The molecule has 0 aliphatic heterocycles. The number of thiophene rings is 1. The fourth-order valence-electron chi connectivity index (χ4n) is 1.87. The van der Waals surface area contributed by atoms with E-state index in [0.29, 0.717) is 12.0 Å². The Morgan fingerprint density at radius 3 is 2.50 bits per heavy atom. The number of rotatable bonds is 7. The number of sulfonamides is 1. The molecule has 0 amide bonds. The predicted molar refractivity (Wildman–Crippen MR) is 81.6 cm³/mol. The normalized spacial score (nSPS) is 14.4. The van der Waals surface area contributed by atoms with Gasteiger partial charge in [-0.1, -0.05) is 20.3 Å². The van der Waals surface area contributed by atoms with Crippen LogP contribution in [0, 0.1) is 12.8 Å². The van der Waals surface area contributed by atoms with Crippen LogP contribution < -0.4 is 4.72 Å². The maximum atomic E-state index is 12.5. The van der Waals surface area contributed by atoms with Gasteiger partial charge in [0.25, 0.3) is 0 Å². The molecule has 0 aliphatic rings. The smallest absolute Gasteiger partial charge is 0.349 e. The predicted octanol–water partition coefficient (Wildman–Crippen LogP) is 1.62. The highest BCUT2D eigenvalue weighted by molar-refractivity contribution is 7.89. The van der Waals surface area contributed by atoms with E-state index in [-0.39, 0.29) is 9.77 Å². The third-order valence-corrected chi connectivity index (χ3v) is 6.15. The van der Waals surface area contributed by atoms with Crippen molar-refractivity contribution < 1.29 is 27.9 Å². The van der Waals surface area contributed by atoms with Gasteiger partial charge < -0.3 is 9.84 Å². The number of hydrogen-bond donors (Lipinski definition) is 2. The highest BCUT2D eigenvalue weighted by Gasteiger charge is 2.33. The lowest BCUT2D eigenvalue weighted by atomic mass is 10.0. The van der Waals surface area contributed by atoms with Gasteiger partial charge in [0.15, 0.2) is 0 Å². The molecule has 0 unspecified atom stereocenters. The Bertz CT molecular complexity index is 664. The van der Waals surface area contributed by atoms with Crippen LogP contribution in [0.2, 0.25) is 0 Å². The van der Waals surface area contributed by atoms with E-state index in [1.165, 1.54) is 12.3 Å². The molecule has 1 heterocycles. The molecule has 0 saturated carbocycles. The van der Waals surface area contributed by atoms with Crippen LogP contribution in [0.5, 0.6) is 0 Å². The summed E-state index contributed by atoms with van der Waals surface area (Å²) in [6.07, 6.45) is 0.492. The summed E-state index contributed by atoms with van der Waals surface area (Å²) in [6, 6.07) is -1.26. The molecule has 0 spiro atoms. The first-order valence-electron chi connectivity index (χ1n) is 6.57. The summed E-state index contributed by atoms with van der Waals surface area (Å²) in [5, 5.41) is 10.7. The molecule has 7 nitrogen and oxygen atoms in total. The molecule has 0 aromatic carbocycles. The third-order valence-electron chi connectivity index (χ3n) is 3.32. The first-order valence-corrected chi connectivity index (χ1v) is 8.93. The van der Waals surface area contributed by atoms with Gasteiger partial charge in [-0.15, -0.1) is 11.3 Å². The molecule has 0 saturated heterocycles. The first kappa shape index (κ1) is 18.6. The molecule has 2 atom stereocenters. The van der Waals surface area contributed by atoms with Crippen molar-refractivity contribution in [2.24, 2.45) is 5.92 Å². The molecule has 0 aliphatic carbocycles. The Balaban J connectivity index is 3.28. The van der Waals surface area contributed by atoms with Gasteiger partial charge in [-0.05, 0) is 23.8 Å². The number of nitrogens with one attached hydrogen (secondary N) is 1. The Labute approximate surface area is 133 Å². The van der Waals surface area contributed by atoms with Crippen molar-refractivity contribution in [3.8, 4) is 0 Å². The quantitative estimate of drug-likeness (QED) is 0.724. The van der Waals surface area contributed by atoms with Crippen molar-refractivity contribution in [2.45, 2.75) is 38.1 Å². The monoisotopic (exact) mass is 349 g/mol. The standard InChI is InChI=1S/C13H19NO6S2/c1-5-7(2)9(12(15)16)14-22(18,19)11-8(3)6-21-10(11)13(17)20-4/h6-7,9,14H,5H2,1-4H3,(H,15,16)/t7-,9-/m0/s1. The number of carboxylic acid groups (broad SMARTS) is 1. The van der Waals surface area contributed by atoms with Crippen molar-refractivity contribution >= 4 is 33.3 Å². The minimum Gasteiger partial charge on any atom is -0.480 e. The average Bonchev–Trinajstić information content (AvgIpc) is 2.85. The number of aryl methyl sites for hydroxylation is 1. The highest BCUT2D eigenvalue weighted by atomic mass is 32.2. The summed E-state index contributed by atoms with van der Waals surface area (Å²) in [6.45, 7) is 4.95. The number of ether oxygens (including phenoxy) is 1. The highest BCUT2D eigenvalue weighted by Crippen LogP contribution is 2.28. The number of carbonyl (C=O) groups is 2. The molecule has 1 aromatic rings. The molecule has 9 heteroatoms. The van der Waals surface area contributed by atoms with Crippen LogP contribution in [0.25, 0.3) is 0 Å². The molecule has 124 valence electrons. The summed E-state index contributed by atoms with van der Waals surface area (Å²) in [5.41, 5.74) is 0.367. The maximum Gasteiger partial charge on any atom is 0.349 e. The Kier molecular flexibility index (Phi) is 6.09. The third kappa shape index (κ3) is 3.84. The second kappa shape index (κ2) is 7.21. The summed E-state index contributed by atoms with van der Waals surface area (Å²) >= 11 is 0.944. The fourth-order valence-corrected chi connectivity index (χ4v) is 4.88. The molecule has 22 heavy (non-hydrogen) atoms. The molecule has 2 N–H and O–H groups in total. The summed E-state index contributed by atoms with van der Waals surface area (Å²) < 4.78 is 31.8. The second-order valence-electron chi connectivity index (χ2n) is 4.89. The number of aliphatic carboxylic acids is 1. The van der Waals surface area contributed by atoms with Gasteiger partial charge in [-0.2, -0.15) is 4.72 Å². The van der Waals surface area contributed by atoms with E-state index in [4.69, 9.17) is 0 Å². The fraction of sp³-hybridized carbons (Fsp3) is 0.538. The van der Waals surface area contributed by atoms with E-state index in [1.54, 1.807) is 13.8 Å². The largest absolute Gasteiger partial charge is 0.480 e. The van der Waals surface area contributed by atoms with E-state index < -0.39 is 33.9 Å². The van der Waals surface area contributed by atoms with Crippen LogP contribution in [0.3, 0.4) is 0 Å². The summed E-state index contributed by atoms with van der Waals surface area (Å²) in [4.78, 5) is 22.7. The second-order valence-corrected chi connectivity index (χ2v) is 7.42. The average molecular weight is 349 g/mol. The van der Waals surface area contributed by atoms with Gasteiger partial charge in [0.2, 0.25) is 10.0 Å². The minimum absolute atomic E-state index is 0.0687. The van der Waals surface area contributed by atoms with Crippen molar-refractivity contribution in [1.29, 1.82) is 0 Å². The van der Waals surface area contributed by atoms with Gasteiger partial charge in [0.1, 0.15) is 15.8 Å². The van der Waals surface area contributed by atoms with Crippen LogP contribution in [0.1, 0.15) is 35.5 Å². The Morgan fingerprint density at radius 1 is 1.45 bits per heavy atom. The molecular formula is C13H19NO6S2. The molecular weight excluding hydrogens is 330 g/mol. The van der Waals surface area contributed by atoms with Crippen LogP contribution in [0.15, 0.2) is 10.3 Å². The van der Waals surface area contributed by atoms with Crippen LogP contribution in [-0.2, 0) is 19.6 Å². The van der Waals surface area contributed by atoms with E-state index >= 15 is 0 Å². The van der Waals surface area contributed by atoms with E-state index in [9.17, 15) is 23.1 Å². The lowest BCUT2D eigenvalue weighted by molar-refractivity contribution is -0.140. The van der Waals surface area contributed by atoms with Crippen molar-refractivity contribution in [3.05, 3.63) is 15.8 Å². The summed E-state index contributed by atoms with van der Waals surface area (Å²) in [5.74, 6) is -2.42. The number of esters is 1. The minimum atomic E-state index is -4.15. The van der Waals surface area contributed by atoms with E-state index in [0.717, 1.165) is 18.4 Å². The van der Waals surface area contributed by atoms with Crippen molar-refractivity contribution in [1.82, 2.24) is 4.72 Å². The van der Waals surface area contributed by atoms with Crippen LogP contribution in [-0.4, -0.2) is 38.6 Å². The lowest BCUT2D eigenvalue weighted by Crippen LogP contribution is -2.45. The van der Waals surface area contributed by atoms with Gasteiger partial charge in [-0.25, -0.2) is 13.2 Å². The van der Waals surface area contributed by atoms with Crippen LogP contribution in [0.4, 0.5) is 0 Å². The molecule has 1 rings (SSSR count). The first-order chi connectivity index (χ1) is 10.2. The number of carboxylic acids is 1. The van der Waals surface area contributed by atoms with E-state index in [1.807, 2.05) is 0 Å². The Morgan fingerprint density at radius 2 is 2.05 bits per heavy atom.